The van der Waals surface area contributed by atoms with Crippen molar-refractivity contribution < 1.29 is 14.3 Å². The first-order chi connectivity index (χ1) is 17.4. The van der Waals surface area contributed by atoms with Crippen LogP contribution in [0.1, 0.15) is 12.5 Å². The Morgan fingerprint density at radius 3 is 2.86 bits per heavy atom. The Hall–Kier alpha value is -4.03. The van der Waals surface area contributed by atoms with Crippen LogP contribution in [-0.2, 0) is 16.6 Å². The summed E-state index contributed by atoms with van der Waals surface area (Å²) >= 11 is 0. The first-order valence-corrected chi connectivity index (χ1v) is 11.7. The Balaban J connectivity index is 1.42. The molecule has 4 aromatic rings. The number of rotatable bonds is 7. The number of carbonyl (C=O) groups excluding carboxylic acids is 1. The average Bonchev–Trinajstić information content (AvgIpc) is 3.48. The molecule has 3 N–H and O–H groups in total. The van der Waals surface area contributed by atoms with Crippen molar-refractivity contribution >= 4 is 34.3 Å². The van der Waals surface area contributed by atoms with Crippen molar-refractivity contribution in [1.82, 2.24) is 34.6 Å². The third kappa shape index (κ3) is 4.60. The van der Waals surface area contributed by atoms with Crippen molar-refractivity contribution in [2.75, 3.05) is 44.0 Å². The van der Waals surface area contributed by atoms with Gasteiger partial charge in [0.1, 0.15) is 5.69 Å². The van der Waals surface area contributed by atoms with Crippen LogP contribution in [0.2, 0.25) is 0 Å². The number of aromatic amines is 1. The fourth-order valence-corrected chi connectivity index (χ4v) is 4.30. The minimum absolute atomic E-state index is 0.108. The number of aryl methyl sites for hydroxylation is 2. The minimum Gasteiger partial charge on any atom is -0.478 e. The number of anilines is 3. The molecule has 12 nitrogen and oxygen atoms in total. The summed E-state index contributed by atoms with van der Waals surface area (Å²) in [6.45, 7) is 6.58. The van der Waals surface area contributed by atoms with Gasteiger partial charge >= 0.3 is 0 Å². The molecule has 1 aliphatic heterocycles. The van der Waals surface area contributed by atoms with E-state index in [1.807, 2.05) is 33.2 Å². The molecule has 188 valence electrons. The van der Waals surface area contributed by atoms with Crippen LogP contribution in [0.5, 0.6) is 5.88 Å². The summed E-state index contributed by atoms with van der Waals surface area (Å²) in [7, 11) is 3.38. The maximum atomic E-state index is 13.0. The summed E-state index contributed by atoms with van der Waals surface area (Å²) in [5.74, 6) is 1.24. The first kappa shape index (κ1) is 23.7. The topological polar surface area (TPSA) is 135 Å². The monoisotopic (exact) mass is 491 g/mol. The zero-order chi connectivity index (χ0) is 25.2. The molecule has 1 fully saturated rings. The van der Waals surface area contributed by atoms with Crippen molar-refractivity contribution in [2.24, 2.45) is 7.05 Å². The molecule has 0 bridgehead atoms. The lowest BCUT2D eigenvalue weighted by atomic mass is 10.1. The van der Waals surface area contributed by atoms with E-state index in [-0.39, 0.29) is 11.9 Å². The maximum absolute atomic E-state index is 13.0. The van der Waals surface area contributed by atoms with Gasteiger partial charge in [0, 0.05) is 49.7 Å². The van der Waals surface area contributed by atoms with Gasteiger partial charge in [0.25, 0.3) is 5.88 Å². The number of amides is 1. The van der Waals surface area contributed by atoms with Crippen LogP contribution in [0.15, 0.2) is 30.9 Å². The van der Waals surface area contributed by atoms with E-state index >= 15 is 0 Å². The van der Waals surface area contributed by atoms with Crippen molar-refractivity contribution in [1.29, 1.82) is 0 Å². The second-order valence-electron chi connectivity index (χ2n) is 8.67. The molecule has 1 aliphatic rings. The molecule has 1 unspecified atom stereocenters. The number of morpholine rings is 1. The molecular weight excluding hydrogens is 462 g/mol. The predicted octanol–water partition coefficient (Wildman–Crippen LogP) is 2.47. The van der Waals surface area contributed by atoms with Gasteiger partial charge in [-0.25, -0.2) is 15.0 Å². The lowest BCUT2D eigenvalue weighted by Crippen LogP contribution is -2.47. The van der Waals surface area contributed by atoms with Gasteiger partial charge in [-0.2, -0.15) is 0 Å². The highest BCUT2D eigenvalue weighted by molar-refractivity contribution is 6.05. The fourth-order valence-electron chi connectivity index (χ4n) is 4.30. The lowest BCUT2D eigenvalue weighted by Gasteiger charge is -2.31. The van der Waals surface area contributed by atoms with E-state index in [1.54, 1.807) is 30.4 Å². The molecule has 0 aliphatic carbocycles. The number of aromatic nitrogens is 6. The van der Waals surface area contributed by atoms with Crippen LogP contribution >= 0.6 is 0 Å². The standard InChI is InChI=1S/C24H29N9O3/c1-14-11-27-24(28-18-13-32(3)31-23(18)35-4)29-19(14)17-12-26-20-16(17)5-6-25-21(20)30-22(34)15(2)33-7-9-36-10-8-33/h5-6,11-13,15,26H,7-10H2,1-4H3,(H,25,30,34)(H,27,28,29). The molecule has 12 heteroatoms. The molecule has 1 saturated heterocycles. The van der Waals surface area contributed by atoms with Crippen LogP contribution in [0.25, 0.3) is 22.2 Å². The van der Waals surface area contributed by atoms with Gasteiger partial charge in [0.05, 0.1) is 43.8 Å². The van der Waals surface area contributed by atoms with E-state index in [1.165, 1.54) is 0 Å². The van der Waals surface area contributed by atoms with Gasteiger partial charge in [-0.3, -0.25) is 14.4 Å². The summed E-state index contributed by atoms with van der Waals surface area (Å²) in [5, 5.41) is 11.3. The van der Waals surface area contributed by atoms with Crippen LogP contribution in [0.3, 0.4) is 0 Å². The number of nitrogens with one attached hydrogen (secondary N) is 3. The van der Waals surface area contributed by atoms with Crippen molar-refractivity contribution in [3.05, 3.63) is 36.4 Å². The SMILES string of the molecule is COc1nn(C)cc1Nc1ncc(C)c(-c2c[nH]c3c(NC(=O)C(C)N4CCOCC4)nccc23)n1. The first-order valence-electron chi connectivity index (χ1n) is 11.7. The molecule has 36 heavy (non-hydrogen) atoms. The number of nitrogens with zero attached hydrogens (tertiary/aromatic N) is 6. The highest BCUT2D eigenvalue weighted by Crippen LogP contribution is 2.33. The second kappa shape index (κ2) is 9.91. The van der Waals surface area contributed by atoms with Crippen LogP contribution < -0.4 is 15.4 Å². The van der Waals surface area contributed by atoms with Crippen molar-refractivity contribution in [2.45, 2.75) is 19.9 Å². The Kier molecular flexibility index (Phi) is 6.53. The molecule has 5 heterocycles. The molecule has 1 amide bonds. The van der Waals surface area contributed by atoms with Crippen molar-refractivity contribution in [3.8, 4) is 17.1 Å². The van der Waals surface area contributed by atoms with E-state index < -0.39 is 0 Å². The third-order valence-electron chi connectivity index (χ3n) is 6.28. The number of fused-ring (bicyclic) bond motifs is 1. The number of hydrogen-bond donors (Lipinski definition) is 3. The van der Waals surface area contributed by atoms with E-state index in [0.29, 0.717) is 36.5 Å². The van der Waals surface area contributed by atoms with E-state index in [4.69, 9.17) is 14.5 Å². The van der Waals surface area contributed by atoms with E-state index in [9.17, 15) is 4.79 Å². The summed E-state index contributed by atoms with van der Waals surface area (Å²) < 4.78 is 12.4. The van der Waals surface area contributed by atoms with Crippen LogP contribution in [-0.4, -0.2) is 80.0 Å². The number of pyridine rings is 1. The molecule has 0 spiro atoms. The quantitative estimate of drug-likeness (QED) is 0.356. The Bertz CT molecular complexity index is 1390. The van der Waals surface area contributed by atoms with Gasteiger partial charge in [0.15, 0.2) is 5.82 Å². The Morgan fingerprint density at radius 1 is 1.28 bits per heavy atom. The van der Waals surface area contributed by atoms with Gasteiger partial charge in [0.2, 0.25) is 11.9 Å². The number of hydrogen-bond acceptors (Lipinski definition) is 9. The summed E-state index contributed by atoms with van der Waals surface area (Å²) in [4.78, 5) is 32.0. The molecule has 0 radical (unpaired) electrons. The summed E-state index contributed by atoms with van der Waals surface area (Å²) in [6, 6.07) is 1.61. The molecule has 0 saturated carbocycles. The van der Waals surface area contributed by atoms with Gasteiger partial charge in [-0.1, -0.05) is 0 Å². The van der Waals surface area contributed by atoms with Crippen molar-refractivity contribution in [3.63, 3.8) is 0 Å². The predicted molar refractivity (Wildman–Crippen MR) is 135 cm³/mol. The number of methoxy groups -OCH3 is 1. The van der Waals surface area contributed by atoms with E-state index in [2.05, 4.69) is 35.6 Å². The Morgan fingerprint density at radius 2 is 2.08 bits per heavy atom. The zero-order valence-electron chi connectivity index (χ0n) is 20.7. The highest BCUT2D eigenvalue weighted by Gasteiger charge is 2.24. The number of H-pyrrole nitrogens is 1. The van der Waals surface area contributed by atoms with Gasteiger partial charge < -0.3 is 25.1 Å². The second-order valence-corrected chi connectivity index (χ2v) is 8.67. The largest absolute Gasteiger partial charge is 0.478 e. The normalized spacial score (nSPS) is 15.1. The summed E-state index contributed by atoms with van der Waals surface area (Å²) in [5.41, 5.74) is 3.94. The Labute approximate surface area is 208 Å². The highest BCUT2D eigenvalue weighted by atomic mass is 16.5. The smallest absolute Gasteiger partial charge is 0.256 e. The molecule has 4 aromatic heterocycles. The maximum Gasteiger partial charge on any atom is 0.256 e. The molecule has 1 atom stereocenters. The third-order valence-corrected chi connectivity index (χ3v) is 6.28. The minimum atomic E-state index is -0.289. The zero-order valence-corrected chi connectivity index (χ0v) is 20.7. The number of ether oxygens (including phenoxy) is 2. The lowest BCUT2D eigenvalue weighted by molar-refractivity contribution is -0.122. The molecule has 0 aromatic carbocycles. The molecule has 5 rings (SSSR count). The summed E-state index contributed by atoms with van der Waals surface area (Å²) in [6.07, 6.45) is 7.12. The van der Waals surface area contributed by atoms with Crippen LogP contribution in [0.4, 0.5) is 17.5 Å². The van der Waals surface area contributed by atoms with E-state index in [0.717, 1.165) is 40.8 Å². The fraction of sp³-hybridized carbons (Fsp3) is 0.375. The average molecular weight is 492 g/mol. The number of carbonyl (C=O) groups is 1. The molecular formula is C24H29N9O3. The van der Waals surface area contributed by atoms with Crippen LogP contribution in [0, 0.1) is 6.92 Å². The van der Waals surface area contributed by atoms with Gasteiger partial charge in [-0.15, -0.1) is 5.10 Å². The van der Waals surface area contributed by atoms with Gasteiger partial charge in [-0.05, 0) is 25.5 Å².